The van der Waals surface area contributed by atoms with Crippen molar-refractivity contribution in [2.75, 3.05) is 0 Å². The average Bonchev–Trinajstić information content (AvgIpc) is 2.84. The number of phenols is 6. The normalized spacial score (nSPS) is 11.6. The zero-order chi connectivity index (χ0) is 26.3. The van der Waals surface area contributed by atoms with Gasteiger partial charge in [0.05, 0.1) is 0 Å². The fourth-order valence-corrected chi connectivity index (χ4v) is 5.45. The molecule has 0 saturated carbocycles. The topological polar surface area (TPSA) is 121 Å². The number of hydrogen-bond acceptors (Lipinski definition) is 6. The van der Waals surface area contributed by atoms with Gasteiger partial charge in [0, 0.05) is 33.0 Å². The van der Waals surface area contributed by atoms with Gasteiger partial charge < -0.3 is 30.6 Å². The molecule has 6 N–H and O–H groups in total. The minimum Gasteiger partial charge on any atom is -0.507 e. The molecule has 0 atom stereocenters. The molecular weight excluding hydrogens is 456 g/mol. The molecule has 0 aliphatic heterocycles. The Morgan fingerprint density at radius 1 is 0.472 bits per heavy atom. The van der Waals surface area contributed by atoms with Crippen LogP contribution in [0.25, 0.3) is 32.7 Å². The average molecular weight is 491 g/mol. The summed E-state index contributed by atoms with van der Waals surface area (Å²) < 4.78 is 0. The van der Waals surface area contributed by atoms with Gasteiger partial charge in [0.2, 0.25) is 0 Å². The van der Waals surface area contributed by atoms with Gasteiger partial charge >= 0.3 is 0 Å². The highest BCUT2D eigenvalue weighted by Gasteiger charge is 2.26. The van der Waals surface area contributed by atoms with Crippen molar-refractivity contribution in [1.29, 1.82) is 0 Å². The molecule has 6 nitrogen and oxygen atoms in total. The molecule has 4 rings (SSSR count). The van der Waals surface area contributed by atoms with Crippen LogP contribution >= 0.6 is 0 Å². The summed E-state index contributed by atoms with van der Waals surface area (Å²) in [7, 11) is 0. The first-order valence-corrected chi connectivity index (χ1v) is 12.6. The lowest BCUT2D eigenvalue weighted by molar-refractivity contribution is 0.400. The summed E-state index contributed by atoms with van der Waals surface area (Å²) in [5.74, 6) is -1.16. The summed E-state index contributed by atoms with van der Waals surface area (Å²) in [5, 5.41) is 67.0. The minimum atomic E-state index is -0.312. The maximum absolute atomic E-state index is 11.6. The SMILES string of the molecule is CCCc1cc2c(CC)c(O)c(O)cc2c(O)c1-c1c(CCC)cc2c(CC)c(O)c(O)cc2c1O. The van der Waals surface area contributed by atoms with Crippen molar-refractivity contribution in [3.8, 4) is 45.6 Å². The van der Waals surface area contributed by atoms with Crippen LogP contribution < -0.4 is 0 Å². The summed E-state index contributed by atoms with van der Waals surface area (Å²) in [6, 6.07) is 6.57. The highest BCUT2D eigenvalue weighted by atomic mass is 16.3. The van der Waals surface area contributed by atoms with E-state index in [1.807, 2.05) is 39.8 Å². The van der Waals surface area contributed by atoms with Gasteiger partial charge in [-0.2, -0.15) is 0 Å². The molecule has 0 radical (unpaired) electrons. The van der Waals surface area contributed by atoms with Crippen molar-refractivity contribution >= 4 is 21.5 Å². The van der Waals surface area contributed by atoms with Crippen LogP contribution in [0.1, 0.15) is 62.8 Å². The summed E-state index contributed by atoms with van der Waals surface area (Å²) in [5.41, 5.74) is 3.68. The molecule has 4 aromatic carbocycles. The molecule has 6 heteroatoms. The number of hydrogen-bond donors (Lipinski definition) is 6. The third-order valence-electron chi connectivity index (χ3n) is 7.11. The summed E-state index contributed by atoms with van der Waals surface area (Å²) in [6.45, 7) is 7.81. The second-order valence-corrected chi connectivity index (χ2v) is 9.36. The largest absolute Gasteiger partial charge is 0.507 e. The predicted molar refractivity (Wildman–Crippen MR) is 144 cm³/mol. The quantitative estimate of drug-likeness (QED) is 0.156. The molecule has 0 bridgehead atoms. The first-order chi connectivity index (χ1) is 17.2. The van der Waals surface area contributed by atoms with E-state index in [9.17, 15) is 30.6 Å². The molecule has 0 spiro atoms. The zero-order valence-electron chi connectivity index (χ0n) is 21.2. The van der Waals surface area contributed by atoms with Crippen molar-refractivity contribution in [1.82, 2.24) is 0 Å². The van der Waals surface area contributed by atoms with E-state index in [2.05, 4.69) is 0 Å². The second kappa shape index (κ2) is 9.69. The van der Waals surface area contributed by atoms with Crippen molar-refractivity contribution in [2.24, 2.45) is 0 Å². The third kappa shape index (κ3) is 3.81. The Kier molecular flexibility index (Phi) is 6.81. The molecule has 0 aliphatic rings. The molecule has 0 amide bonds. The van der Waals surface area contributed by atoms with E-state index in [0.717, 1.165) is 24.0 Å². The first kappa shape index (κ1) is 25.3. The molecule has 0 unspecified atom stereocenters. The van der Waals surface area contributed by atoms with Gasteiger partial charge in [0.25, 0.3) is 0 Å². The second-order valence-electron chi connectivity index (χ2n) is 9.36. The molecule has 36 heavy (non-hydrogen) atoms. The standard InChI is InChI=1S/C30H34O6/c1-5-9-15-11-19-17(7-3)27(33)23(31)13-21(19)29(35)25(15)26-16(10-6-2)12-20-18(8-4)28(34)24(32)14-22(20)30(26)36/h11-14,31-36H,5-10H2,1-4H3. The van der Waals surface area contributed by atoms with Gasteiger partial charge in [-0.15, -0.1) is 0 Å². The lowest BCUT2D eigenvalue weighted by Crippen LogP contribution is -2.00. The lowest BCUT2D eigenvalue weighted by Gasteiger charge is -2.22. The summed E-state index contributed by atoms with van der Waals surface area (Å²) >= 11 is 0. The fraction of sp³-hybridized carbons (Fsp3) is 0.333. The number of rotatable bonds is 7. The van der Waals surface area contributed by atoms with Crippen LogP contribution in [0.3, 0.4) is 0 Å². The van der Waals surface area contributed by atoms with Crippen molar-refractivity contribution < 1.29 is 30.6 Å². The fourth-order valence-electron chi connectivity index (χ4n) is 5.45. The zero-order valence-corrected chi connectivity index (χ0v) is 21.2. The number of aromatic hydroxyl groups is 6. The van der Waals surface area contributed by atoms with Crippen LogP contribution in [0.15, 0.2) is 24.3 Å². The van der Waals surface area contributed by atoms with Crippen molar-refractivity contribution in [2.45, 2.75) is 66.2 Å². The number of fused-ring (bicyclic) bond motifs is 2. The Bertz CT molecular complexity index is 1370. The van der Waals surface area contributed by atoms with Gasteiger partial charge in [0.1, 0.15) is 11.5 Å². The molecule has 190 valence electrons. The monoisotopic (exact) mass is 490 g/mol. The van der Waals surface area contributed by atoms with Gasteiger partial charge in [-0.25, -0.2) is 0 Å². The Morgan fingerprint density at radius 2 is 0.833 bits per heavy atom. The van der Waals surface area contributed by atoms with Crippen LogP contribution in [0.2, 0.25) is 0 Å². The molecule has 0 aliphatic carbocycles. The van der Waals surface area contributed by atoms with Crippen LogP contribution in [0.5, 0.6) is 34.5 Å². The number of benzene rings is 4. The van der Waals surface area contributed by atoms with E-state index in [1.165, 1.54) is 12.1 Å². The Labute approximate surface area is 210 Å². The highest BCUT2D eigenvalue weighted by Crippen LogP contribution is 2.51. The molecular formula is C30H34O6. The highest BCUT2D eigenvalue weighted by molar-refractivity contribution is 6.06. The van der Waals surface area contributed by atoms with Crippen LogP contribution in [0, 0.1) is 0 Å². The smallest absolute Gasteiger partial charge is 0.161 e. The molecule has 0 fully saturated rings. The first-order valence-electron chi connectivity index (χ1n) is 12.6. The van der Waals surface area contributed by atoms with Crippen LogP contribution in [-0.2, 0) is 25.7 Å². The van der Waals surface area contributed by atoms with Crippen molar-refractivity contribution in [3.05, 3.63) is 46.5 Å². The van der Waals surface area contributed by atoms with E-state index in [0.29, 0.717) is 69.5 Å². The summed E-state index contributed by atoms with van der Waals surface area (Å²) in [4.78, 5) is 0. The predicted octanol–water partition coefficient (Wildman–Crippen LogP) is 6.92. The molecule has 4 aromatic rings. The van der Waals surface area contributed by atoms with Gasteiger partial charge in [-0.1, -0.05) is 40.5 Å². The third-order valence-corrected chi connectivity index (χ3v) is 7.11. The van der Waals surface area contributed by atoms with Gasteiger partial charge in [-0.3, -0.25) is 0 Å². The number of phenolic OH excluding ortho intramolecular Hbond substituents is 6. The van der Waals surface area contributed by atoms with Crippen molar-refractivity contribution in [3.63, 3.8) is 0 Å². The van der Waals surface area contributed by atoms with E-state index in [-0.39, 0.29) is 34.5 Å². The lowest BCUT2D eigenvalue weighted by atomic mass is 9.84. The maximum atomic E-state index is 11.6. The number of aryl methyl sites for hydroxylation is 4. The Morgan fingerprint density at radius 3 is 1.14 bits per heavy atom. The Hall–Kier alpha value is -3.80. The molecule has 0 heterocycles. The minimum absolute atomic E-state index is 0.0772. The van der Waals surface area contributed by atoms with Crippen LogP contribution in [0.4, 0.5) is 0 Å². The Balaban J connectivity index is 2.21. The maximum Gasteiger partial charge on any atom is 0.161 e. The van der Waals surface area contributed by atoms with Gasteiger partial charge in [-0.05, 0) is 71.8 Å². The molecule has 0 aromatic heterocycles. The van der Waals surface area contributed by atoms with E-state index in [4.69, 9.17) is 0 Å². The van der Waals surface area contributed by atoms with E-state index < -0.39 is 0 Å². The van der Waals surface area contributed by atoms with Crippen LogP contribution in [-0.4, -0.2) is 30.6 Å². The summed E-state index contributed by atoms with van der Waals surface area (Å²) in [6.07, 6.45) is 3.74. The van der Waals surface area contributed by atoms with Gasteiger partial charge in [0.15, 0.2) is 23.0 Å². The van der Waals surface area contributed by atoms with E-state index >= 15 is 0 Å². The molecule has 0 saturated heterocycles. The van der Waals surface area contributed by atoms with E-state index in [1.54, 1.807) is 0 Å².